The van der Waals surface area contributed by atoms with Gasteiger partial charge in [-0.2, -0.15) is 4.72 Å². The summed E-state index contributed by atoms with van der Waals surface area (Å²) in [5.74, 6) is -0.306. The Labute approximate surface area is 106 Å². The zero-order chi connectivity index (χ0) is 13.6. The number of rotatable bonds is 3. The highest BCUT2D eigenvalue weighted by molar-refractivity contribution is 7.89. The SMILES string of the molecule is Cn1cnc(S(=O)(=O)NC2C(=O)NCC2(C)C)c1. The Morgan fingerprint density at radius 1 is 1.56 bits per heavy atom. The highest BCUT2D eigenvalue weighted by Crippen LogP contribution is 2.26. The smallest absolute Gasteiger partial charge is 0.260 e. The van der Waals surface area contributed by atoms with Crippen molar-refractivity contribution in [3.8, 4) is 0 Å². The number of nitrogens with zero attached hydrogens (tertiary/aromatic N) is 2. The molecule has 8 heteroatoms. The van der Waals surface area contributed by atoms with Crippen molar-refractivity contribution in [2.45, 2.75) is 24.9 Å². The molecule has 2 rings (SSSR count). The van der Waals surface area contributed by atoms with Gasteiger partial charge in [0.25, 0.3) is 10.0 Å². The van der Waals surface area contributed by atoms with Crippen LogP contribution in [-0.4, -0.2) is 36.5 Å². The average Bonchev–Trinajstić information content (AvgIpc) is 2.78. The van der Waals surface area contributed by atoms with E-state index in [4.69, 9.17) is 0 Å². The fourth-order valence-electron chi connectivity index (χ4n) is 1.83. The Balaban J connectivity index is 2.26. The fourth-order valence-corrected chi connectivity index (χ4v) is 3.18. The maximum atomic E-state index is 12.1. The minimum absolute atomic E-state index is 0.0829. The topological polar surface area (TPSA) is 93.1 Å². The van der Waals surface area contributed by atoms with Crippen LogP contribution in [0.15, 0.2) is 17.6 Å². The first kappa shape index (κ1) is 13.0. The Bertz CT molecular complexity index is 576. The maximum Gasteiger partial charge on any atom is 0.260 e. The molecule has 0 spiro atoms. The zero-order valence-electron chi connectivity index (χ0n) is 10.5. The van der Waals surface area contributed by atoms with Gasteiger partial charge in [0.05, 0.1) is 6.33 Å². The number of sulfonamides is 1. The standard InChI is InChI=1S/C10H16N4O3S/c1-10(2)5-11-9(15)8(10)13-18(16,17)7-4-14(3)6-12-7/h4,6,8,13H,5H2,1-3H3,(H,11,15). The summed E-state index contributed by atoms with van der Waals surface area (Å²) in [6, 6.07) is -0.774. The number of hydrogen-bond donors (Lipinski definition) is 2. The predicted molar refractivity (Wildman–Crippen MR) is 64.1 cm³/mol. The number of hydrogen-bond acceptors (Lipinski definition) is 4. The molecule has 1 aliphatic heterocycles. The lowest BCUT2D eigenvalue weighted by atomic mass is 9.88. The molecule has 2 heterocycles. The van der Waals surface area contributed by atoms with E-state index in [1.165, 1.54) is 17.1 Å². The average molecular weight is 272 g/mol. The molecule has 1 saturated heterocycles. The first-order valence-electron chi connectivity index (χ1n) is 5.50. The summed E-state index contributed by atoms with van der Waals surface area (Å²) < 4.78 is 28.1. The van der Waals surface area contributed by atoms with Gasteiger partial charge >= 0.3 is 0 Å². The summed E-state index contributed by atoms with van der Waals surface area (Å²) in [5.41, 5.74) is -0.459. The van der Waals surface area contributed by atoms with E-state index >= 15 is 0 Å². The van der Waals surface area contributed by atoms with Gasteiger partial charge < -0.3 is 9.88 Å². The second-order valence-corrected chi connectivity index (χ2v) is 6.80. The highest BCUT2D eigenvalue weighted by atomic mass is 32.2. The van der Waals surface area contributed by atoms with Crippen molar-refractivity contribution in [1.82, 2.24) is 19.6 Å². The van der Waals surface area contributed by atoms with Crippen LogP contribution >= 0.6 is 0 Å². The van der Waals surface area contributed by atoms with Gasteiger partial charge in [-0.1, -0.05) is 13.8 Å². The third-order valence-electron chi connectivity index (χ3n) is 2.99. The van der Waals surface area contributed by atoms with Crippen LogP contribution < -0.4 is 10.0 Å². The lowest BCUT2D eigenvalue weighted by molar-refractivity contribution is -0.121. The zero-order valence-corrected chi connectivity index (χ0v) is 11.3. The number of aromatic nitrogens is 2. The van der Waals surface area contributed by atoms with Gasteiger partial charge in [-0.25, -0.2) is 13.4 Å². The third kappa shape index (κ3) is 2.25. The van der Waals surface area contributed by atoms with Crippen molar-refractivity contribution in [2.75, 3.05) is 6.54 Å². The lowest BCUT2D eigenvalue weighted by Crippen LogP contribution is -2.46. The molecule has 1 aliphatic rings. The molecule has 1 unspecified atom stereocenters. The van der Waals surface area contributed by atoms with E-state index in [9.17, 15) is 13.2 Å². The van der Waals surface area contributed by atoms with Crippen molar-refractivity contribution in [2.24, 2.45) is 12.5 Å². The highest BCUT2D eigenvalue weighted by Gasteiger charge is 2.43. The monoisotopic (exact) mass is 272 g/mol. The molecule has 0 radical (unpaired) electrons. The van der Waals surface area contributed by atoms with Crippen LogP contribution in [0.25, 0.3) is 0 Å². The molecule has 0 aliphatic carbocycles. The molecule has 1 aromatic heterocycles. The van der Waals surface area contributed by atoms with Gasteiger partial charge in [0.15, 0.2) is 5.03 Å². The number of carbonyl (C=O) groups is 1. The van der Waals surface area contributed by atoms with E-state index in [2.05, 4.69) is 15.0 Å². The van der Waals surface area contributed by atoms with Crippen LogP contribution in [0.5, 0.6) is 0 Å². The molecule has 1 aromatic rings. The van der Waals surface area contributed by atoms with Crippen molar-refractivity contribution >= 4 is 15.9 Å². The van der Waals surface area contributed by atoms with Crippen molar-refractivity contribution in [3.05, 3.63) is 12.5 Å². The Morgan fingerprint density at radius 3 is 2.67 bits per heavy atom. The Kier molecular flexibility index (Phi) is 2.94. The van der Waals surface area contributed by atoms with E-state index in [0.29, 0.717) is 6.54 Å². The molecule has 2 N–H and O–H groups in total. The Hall–Kier alpha value is -1.41. The van der Waals surface area contributed by atoms with E-state index < -0.39 is 21.5 Å². The predicted octanol–water partition coefficient (Wildman–Crippen LogP) is -0.777. The summed E-state index contributed by atoms with van der Waals surface area (Å²) in [7, 11) is -2.09. The summed E-state index contributed by atoms with van der Waals surface area (Å²) >= 11 is 0. The summed E-state index contributed by atoms with van der Waals surface area (Å²) in [6.07, 6.45) is 2.79. The number of imidazole rings is 1. The second-order valence-electron chi connectivity index (χ2n) is 5.14. The molecule has 100 valence electrons. The molecular formula is C10H16N4O3S. The van der Waals surface area contributed by atoms with Crippen LogP contribution in [-0.2, 0) is 21.9 Å². The van der Waals surface area contributed by atoms with Crippen LogP contribution in [0, 0.1) is 5.41 Å². The molecule has 0 bridgehead atoms. The van der Waals surface area contributed by atoms with Crippen LogP contribution in [0.4, 0.5) is 0 Å². The van der Waals surface area contributed by atoms with Gasteiger partial charge in [0.2, 0.25) is 5.91 Å². The molecule has 1 fully saturated rings. The number of nitrogens with one attached hydrogen (secondary N) is 2. The Morgan fingerprint density at radius 2 is 2.22 bits per heavy atom. The number of carbonyl (C=O) groups excluding carboxylic acids is 1. The van der Waals surface area contributed by atoms with Gasteiger partial charge in [0.1, 0.15) is 6.04 Å². The van der Waals surface area contributed by atoms with E-state index in [0.717, 1.165) is 0 Å². The van der Waals surface area contributed by atoms with Crippen molar-refractivity contribution < 1.29 is 13.2 Å². The van der Waals surface area contributed by atoms with E-state index in [-0.39, 0.29) is 10.9 Å². The van der Waals surface area contributed by atoms with Gasteiger partial charge in [-0.15, -0.1) is 0 Å². The molecule has 0 saturated carbocycles. The molecule has 1 amide bonds. The first-order chi connectivity index (χ1) is 8.22. The largest absolute Gasteiger partial charge is 0.354 e. The molecule has 1 atom stereocenters. The first-order valence-corrected chi connectivity index (χ1v) is 6.99. The summed E-state index contributed by atoms with van der Waals surface area (Å²) in [5, 5.41) is 2.56. The minimum atomic E-state index is -3.77. The summed E-state index contributed by atoms with van der Waals surface area (Å²) in [6.45, 7) is 4.11. The fraction of sp³-hybridized carbons (Fsp3) is 0.600. The molecular weight excluding hydrogens is 256 g/mol. The third-order valence-corrected chi connectivity index (χ3v) is 4.30. The number of aryl methyl sites for hydroxylation is 1. The summed E-state index contributed by atoms with van der Waals surface area (Å²) in [4.78, 5) is 15.4. The van der Waals surface area contributed by atoms with Crippen molar-refractivity contribution in [3.63, 3.8) is 0 Å². The van der Waals surface area contributed by atoms with Gasteiger partial charge in [0, 0.05) is 25.2 Å². The minimum Gasteiger partial charge on any atom is -0.354 e. The lowest BCUT2D eigenvalue weighted by Gasteiger charge is -2.23. The number of amides is 1. The normalized spacial score (nSPS) is 23.1. The van der Waals surface area contributed by atoms with Gasteiger partial charge in [-0.05, 0) is 0 Å². The van der Waals surface area contributed by atoms with E-state index in [1.54, 1.807) is 7.05 Å². The van der Waals surface area contributed by atoms with E-state index in [1.807, 2.05) is 13.8 Å². The quantitative estimate of drug-likeness (QED) is 0.755. The van der Waals surface area contributed by atoms with Crippen LogP contribution in [0.2, 0.25) is 0 Å². The molecule has 7 nitrogen and oxygen atoms in total. The van der Waals surface area contributed by atoms with Crippen LogP contribution in [0.3, 0.4) is 0 Å². The molecule has 18 heavy (non-hydrogen) atoms. The molecule has 0 aromatic carbocycles. The van der Waals surface area contributed by atoms with Crippen molar-refractivity contribution in [1.29, 1.82) is 0 Å². The van der Waals surface area contributed by atoms with Crippen LogP contribution in [0.1, 0.15) is 13.8 Å². The second kappa shape index (κ2) is 4.06. The van der Waals surface area contributed by atoms with Gasteiger partial charge in [-0.3, -0.25) is 4.79 Å². The maximum absolute atomic E-state index is 12.1.